The van der Waals surface area contributed by atoms with Crippen LogP contribution < -0.4 is 0 Å². The molecule has 2 heterocycles. The summed E-state index contributed by atoms with van der Waals surface area (Å²) in [6.45, 7) is 6.84. The molecule has 2 aliphatic heterocycles. The molecular weight excluding hydrogens is 248 g/mol. The van der Waals surface area contributed by atoms with Gasteiger partial charge in [-0.15, -0.1) is 0 Å². The predicted molar refractivity (Wildman–Crippen MR) is 73.9 cm³/mol. The quantitative estimate of drug-likeness (QED) is 0.839. The molecule has 2 saturated heterocycles. The number of carboxylic acid groups (broad SMARTS) is 1. The lowest BCUT2D eigenvalue weighted by atomic mass is 9.68. The Morgan fingerprint density at radius 2 is 2.22 bits per heavy atom. The van der Waals surface area contributed by atoms with Gasteiger partial charge >= 0.3 is 5.97 Å². The van der Waals surface area contributed by atoms with E-state index in [4.69, 9.17) is 4.74 Å². The summed E-state index contributed by atoms with van der Waals surface area (Å²) in [6, 6.07) is 0. The van der Waals surface area contributed by atoms with Crippen molar-refractivity contribution in [3.8, 4) is 0 Å². The Morgan fingerprint density at radius 3 is 2.72 bits per heavy atom. The van der Waals surface area contributed by atoms with Crippen LogP contribution in [0.2, 0.25) is 0 Å². The van der Waals surface area contributed by atoms with E-state index in [2.05, 4.69) is 0 Å². The second-order valence-corrected chi connectivity index (χ2v) is 7.87. The molecule has 3 atom stereocenters. The smallest absolute Gasteiger partial charge is 0.307 e. The maximum atomic E-state index is 11.6. The van der Waals surface area contributed by atoms with Crippen molar-refractivity contribution in [1.29, 1.82) is 0 Å². The van der Waals surface area contributed by atoms with Crippen molar-refractivity contribution >= 4 is 17.7 Å². The molecule has 0 aromatic carbocycles. The van der Waals surface area contributed by atoms with Crippen LogP contribution in [0.5, 0.6) is 0 Å². The summed E-state index contributed by atoms with van der Waals surface area (Å²) in [5.74, 6) is 1.55. The van der Waals surface area contributed by atoms with E-state index < -0.39 is 5.97 Å². The highest BCUT2D eigenvalue weighted by molar-refractivity contribution is 7.99. The van der Waals surface area contributed by atoms with Crippen LogP contribution in [-0.2, 0) is 9.53 Å². The molecule has 0 radical (unpaired) electrons. The maximum Gasteiger partial charge on any atom is 0.307 e. The number of thioether (sulfide) groups is 1. The minimum Gasteiger partial charge on any atom is -0.481 e. The van der Waals surface area contributed by atoms with Gasteiger partial charge in [-0.1, -0.05) is 20.8 Å². The summed E-state index contributed by atoms with van der Waals surface area (Å²) in [6.07, 6.45) is 2.90. The molecule has 18 heavy (non-hydrogen) atoms. The summed E-state index contributed by atoms with van der Waals surface area (Å²) < 4.78 is 5.99. The number of aliphatic carboxylic acids is 1. The van der Waals surface area contributed by atoms with E-state index in [1.165, 1.54) is 0 Å². The lowest BCUT2D eigenvalue weighted by molar-refractivity contribution is -0.155. The maximum absolute atomic E-state index is 11.6. The van der Waals surface area contributed by atoms with Gasteiger partial charge in [0, 0.05) is 12.4 Å². The van der Waals surface area contributed by atoms with E-state index in [1.807, 2.05) is 32.5 Å². The number of ether oxygens (including phenoxy) is 1. The number of rotatable bonds is 2. The van der Waals surface area contributed by atoms with Crippen LogP contribution in [-0.4, -0.2) is 34.8 Å². The number of hydrogen-bond acceptors (Lipinski definition) is 3. The van der Waals surface area contributed by atoms with Crippen molar-refractivity contribution < 1.29 is 14.6 Å². The zero-order valence-electron chi connectivity index (χ0n) is 11.6. The highest BCUT2D eigenvalue weighted by Gasteiger charge is 2.46. The minimum absolute atomic E-state index is 0.0213. The summed E-state index contributed by atoms with van der Waals surface area (Å²) in [5, 5.41) is 9.55. The first-order valence-corrected chi connectivity index (χ1v) is 7.94. The molecule has 0 saturated carbocycles. The summed E-state index contributed by atoms with van der Waals surface area (Å²) in [4.78, 5) is 11.6. The van der Waals surface area contributed by atoms with Gasteiger partial charge in [0.25, 0.3) is 0 Å². The van der Waals surface area contributed by atoms with Gasteiger partial charge in [0.1, 0.15) is 0 Å². The Kier molecular flexibility index (Phi) is 3.98. The van der Waals surface area contributed by atoms with Gasteiger partial charge in [0.15, 0.2) is 0 Å². The molecule has 1 N–H and O–H groups in total. The van der Waals surface area contributed by atoms with Crippen LogP contribution in [0.4, 0.5) is 0 Å². The van der Waals surface area contributed by atoms with E-state index in [-0.39, 0.29) is 22.9 Å². The summed E-state index contributed by atoms with van der Waals surface area (Å²) in [7, 11) is 0. The Hall–Kier alpha value is -0.220. The van der Waals surface area contributed by atoms with E-state index in [0.717, 1.165) is 37.4 Å². The van der Waals surface area contributed by atoms with Crippen molar-refractivity contribution in [2.75, 3.05) is 18.1 Å². The fourth-order valence-electron chi connectivity index (χ4n) is 3.49. The van der Waals surface area contributed by atoms with E-state index in [0.29, 0.717) is 0 Å². The topological polar surface area (TPSA) is 46.5 Å². The molecule has 3 unspecified atom stereocenters. The lowest BCUT2D eigenvalue weighted by Gasteiger charge is -2.43. The highest BCUT2D eigenvalue weighted by atomic mass is 32.2. The van der Waals surface area contributed by atoms with Crippen LogP contribution in [0.3, 0.4) is 0 Å². The molecule has 2 aliphatic rings. The molecule has 0 aromatic heterocycles. The van der Waals surface area contributed by atoms with Crippen molar-refractivity contribution in [3.63, 3.8) is 0 Å². The van der Waals surface area contributed by atoms with Gasteiger partial charge in [-0.25, -0.2) is 0 Å². The average molecular weight is 272 g/mol. The van der Waals surface area contributed by atoms with Crippen LogP contribution >= 0.6 is 11.8 Å². The van der Waals surface area contributed by atoms with Crippen molar-refractivity contribution in [2.24, 2.45) is 17.3 Å². The van der Waals surface area contributed by atoms with Gasteiger partial charge in [-0.05, 0) is 36.3 Å². The Balaban J connectivity index is 2.13. The van der Waals surface area contributed by atoms with Crippen LogP contribution in [0.15, 0.2) is 0 Å². The van der Waals surface area contributed by atoms with Gasteiger partial charge < -0.3 is 9.84 Å². The number of carboxylic acids is 1. The Bertz CT molecular complexity index is 315. The molecule has 2 rings (SSSR count). The second-order valence-electron chi connectivity index (χ2n) is 6.77. The third kappa shape index (κ3) is 2.85. The minimum atomic E-state index is -0.643. The van der Waals surface area contributed by atoms with Gasteiger partial charge in [-0.3, -0.25) is 4.79 Å². The normalized spacial score (nSPS) is 34.7. The van der Waals surface area contributed by atoms with Crippen LogP contribution in [0.1, 0.15) is 40.0 Å². The van der Waals surface area contributed by atoms with E-state index in [9.17, 15) is 9.90 Å². The molecule has 0 aromatic rings. The number of carbonyl (C=O) groups is 1. The molecule has 2 fully saturated rings. The molecule has 0 amide bonds. The highest BCUT2D eigenvalue weighted by Crippen LogP contribution is 2.46. The molecule has 3 nitrogen and oxygen atoms in total. The fraction of sp³-hybridized carbons (Fsp3) is 0.929. The third-order valence-corrected chi connectivity index (χ3v) is 5.49. The standard InChI is InChI=1S/C14H24O3S/c1-13(2,3)11(12(15)16)10-4-6-17-14(8-10)5-7-18-9-14/h10-11H,4-9H2,1-3H3,(H,15,16). The monoisotopic (exact) mass is 272 g/mol. The van der Waals surface area contributed by atoms with Crippen LogP contribution in [0.25, 0.3) is 0 Å². The van der Waals surface area contributed by atoms with Gasteiger partial charge in [0.05, 0.1) is 11.5 Å². The van der Waals surface area contributed by atoms with Gasteiger partial charge in [0.2, 0.25) is 0 Å². The van der Waals surface area contributed by atoms with Crippen LogP contribution in [0, 0.1) is 17.3 Å². The molecule has 1 spiro atoms. The summed E-state index contributed by atoms with van der Waals surface area (Å²) in [5.41, 5.74) is -0.201. The Labute approximate surface area is 114 Å². The Morgan fingerprint density at radius 1 is 1.50 bits per heavy atom. The van der Waals surface area contributed by atoms with Crippen molar-refractivity contribution in [1.82, 2.24) is 0 Å². The zero-order chi connectivity index (χ0) is 13.4. The predicted octanol–water partition coefficient (Wildman–Crippen LogP) is 3.04. The molecule has 4 heteroatoms. The lowest BCUT2D eigenvalue weighted by Crippen LogP contribution is -2.46. The number of hydrogen-bond donors (Lipinski definition) is 1. The average Bonchev–Trinajstić information content (AvgIpc) is 2.63. The molecule has 104 valence electrons. The molecule has 0 aliphatic carbocycles. The first-order valence-electron chi connectivity index (χ1n) is 6.79. The fourth-order valence-corrected chi connectivity index (χ4v) is 4.87. The largest absolute Gasteiger partial charge is 0.481 e. The first-order chi connectivity index (χ1) is 8.34. The van der Waals surface area contributed by atoms with Crippen molar-refractivity contribution in [3.05, 3.63) is 0 Å². The van der Waals surface area contributed by atoms with E-state index in [1.54, 1.807) is 0 Å². The zero-order valence-corrected chi connectivity index (χ0v) is 12.4. The summed E-state index contributed by atoms with van der Waals surface area (Å²) >= 11 is 1.94. The molecule has 0 bridgehead atoms. The van der Waals surface area contributed by atoms with Crippen molar-refractivity contribution in [2.45, 2.75) is 45.6 Å². The third-order valence-electron chi connectivity index (χ3n) is 4.27. The SMILES string of the molecule is CC(C)(C)C(C(=O)O)C1CCOC2(CCSC2)C1. The second kappa shape index (κ2) is 5.04. The molecular formula is C14H24O3S. The van der Waals surface area contributed by atoms with Gasteiger partial charge in [-0.2, -0.15) is 11.8 Å². The first kappa shape index (κ1) is 14.2. The van der Waals surface area contributed by atoms with E-state index >= 15 is 0 Å².